The molecule has 0 bridgehead atoms. The smallest absolute Gasteiger partial charge is 0.288 e. The first-order chi connectivity index (χ1) is 12.8. The first-order valence-corrected chi connectivity index (χ1v) is 10.6. The number of aliphatic hydroxyl groups excluding tert-OH is 6. The van der Waals surface area contributed by atoms with E-state index in [4.69, 9.17) is 10.2 Å². The molecule has 0 spiro atoms. The van der Waals surface area contributed by atoms with E-state index < -0.39 is 63.3 Å². The van der Waals surface area contributed by atoms with E-state index in [9.17, 15) is 41.8 Å². The Bertz CT molecular complexity index is 829. The molecule has 0 aromatic heterocycles. The highest BCUT2D eigenvalue weighted by atomic mass is 32.2. The molecule has 0 unspecified atom stereocenters. The minimum atomic E-state index is -5.06. The monoisotopic (exact) mass is 446 g/mol. The maximum atomic E-state index is 11.7. The molecule has 1 aromatic rings. The molecule has 28 heavy (non-hydrogen) atoms. The standard InChI is InChI=1S/C13H22N2O11S2/c16-5-9(18)10(19)11(20)12(21)13(28(24,25)26)15-7-1-3-8(4-2-7)27(22,23)14-6-17/h1-4,9-21H,5-6H2,(H,24,25,26)/t9-,10+,11+,12+,13-/m0/s1. The zero-order valence-corrected chi connectivity index (χ0v) is 15.8. The highest BCUT2D eigenvalue weighted by Crippen LogP contribution is 2.19. The molecule has 0 saturated carbocycles. The number of rotatable bonds is 11. The number of hydrogen-bond acceptors (Lipinski definition) is 11. The molecule has 1 rings (SSSR count). The van der Waals surface area contributed by atoms with Crippen molar-refractivity contribution in [1.82, 2.24) is 4.72 Å². The SMILES string of the molecule is O=S(=O)(NCO)c1ccc(N[C@H]([C@H](O)[C@H](O)[C@H](O)[C@@H](O)CO)S(=O)(=O)O)cc1. The largest absolute Gasteiger partial charge is 0.394 e. The molecule has 15 heteroatoms. The molecule has 0 aliphatic rings. The lowest BCUT2D eigenvalue weighted by atomic mass is 10.0. The van der Waals surface area contributed by atoms with E-state index in [-0.39, 0.29) is 10.6 Å². The molecular formula is C13H22N2O11S2. The van der Waals surface area contributed by atoms with Crippen LogP contribution in [0.25, 0.3) is 0 Å². The van der Waals surface area contributed by atoms with Crippen LogP contribution in [0.1, 0.15) is 0 Å². The number of anilines is 1. The maximum absolute atomic E-state index is 11.7. The summed E-state index contributed by atoms with van der Waals surface area (Å²) in [5, 5.41) is 56.0. The Kier molecular flexibility index (Phi) is 8.69. The minimum absolute atomic E-state index is 0.103. The van der Waals surface area contributed by atoms with Crippen LogP contribution in [0.5, 0.6) is 0 Å². The molecule has 0 fully saturated rings. The third-order valence-electron chi connectivity index (χ3n) is 3.64. The van der Waals surface area contributed by atoms with Gasteiger partial charge < -0.3 is 36.0 Å². The van der Waals surface area contributed by atoms with E-state index in [1.54, 1.807) is 0 Å². The van der Waals surface area contributed by atoms with Gasteiger partial charge in [-0.3, -0.25) is 4.55 Å². The summed E-state index contributed by atoms with van der Waals surface area (Å²) < 4.78 is 57.6. The van der Waals surface area contributed by atoms with Crippen molar-refractivity contribution < 1.29 is 52.0 Å². The van der Waals surface area contributed by atoms with Gasteiger partial charge in [-0.15, -0.1) is 0 Å². The Hall–Kier alpha value is -1.40. The van der Waals surface area contributed by atoms with Gasteiger partial charge in [-0.2, -0.15) is 13.1 Å². The molecular weight excluding hydrogens is 424 g/mol. The summed E-state index contributed by atoms with van der Waals surface area (Å²) in [6.45, 7) is -1.84. The van der Waals surface area contributed by atoms with Crippen molar-refractivity contribution in [2.24, 2.45) is 0 Å². The second-order valence-corrected chi connectivity index (χ2v) is 8.94. The van der Waals surface area contributed by atoms with Gasteiger partial charge in [-0.05, 0) is 24.3 Å². The van der Waals surface area contributed by atoms with Crippen LogP contribution < -0.4 is 10.0 Å². The van der Waals surface area contributed by atoms with Crippen molar-refractivity contribution in [2.75, 3.05) is 18.7 Å². The van der Waals surface area contributed by atoms with Crippen LogP contribution in [-0.4, -0.2) is 95.2 Å². The van der Waals surface area contributed by atoms with Gasteiger partial charge in [-0.25, -0.2) is 8.42 Å². The van der Waals surface area contributed by atoms with Gasteiger partial charge in [-0.1, -0.05) is 0 Å². The van der Waals surface area contributed by atoms with Crippen molar-refractivity contribution in [3.05, 3.63) is 24.3 Å². The lowest BCUT2D eigenvalue weighted by Crippen LogP contribution is -2.54. The fourth-order valence-corrected chi connectivity index (χ4v) is 3.75. The van der Waals surface area contributed by atoms with Crippen LogP contribution in [0.15, 0.2) is 29.2 Å². The molecule has 162 valence electrons. The summed E-state index contributed by atoms with van der Waals surface area (Å²) in [6, 6.07) is 4.19. The molecule has 0 radical (unpaired) electrons. The third-order valence-corrected chi connectivity index (χ3v) is 6.08. The molecule has 0 aliphatic heterocycles. The van der Waals surface area contributed by atoms with Crippen molar-refractivity contribution in [3.63, 3.8) is 0 Å². The molecule has 5 atom stereocenters. The van der Waals surface area contributed by atoms with E-state index in [2.05, 4.69) is 5.32 Å². The second kappa shape index (κ2) is 9.88. The Labute approximate surface area is 160 Å². The summed E-state index contributed by atoms with van der Waals surface area (Å²) in [7, 11) is -9.07. The molecule has 0 heterocycles. The van der Waals surface area contributed by atoms with Gasteiger partial charge in [0.25, 0.3) is 10.1 Å². The number of hydrogen-bond donors (Lipinski definition) is 9. The number of sulfonamides is 1. The van der Waals surface area contributed by atoms with E-state index in [0.717, 1.165) is 24.3 Å². The molecule has 1 aromatic carbocycles. The van der Waals surface area contributed by atoms with Crippen LogP contribution >= 0.6 is 0 Å². The molecule has 0 amide bonds. The van der Waals surface area contributed by atoms with E-state index in [0.29, 0.717) is 0 Å². The predicted octanol–water partition coefficient (Wildman–Crippen LogP) is -4.02. The Morgan fingerprint density at radius 2 is 1.39 bits per heavy atom. The predicted molar refractivity (Wildman–Crippen MR) is 93.9 cm³/mol. The van der Waals surface area contributed by atoms with Gasteiger partial charge in [0.1, 0.15) is 31.1 Å². The quantitative estimate of drug-likeness (QED) is 0.117. The highest BCUT2D eigenvalue weighted by Gasteiger charge is 2.40. The fraction of sp³-hybridized carbons (Fsp3) is 0.538. The van der Waals surface area contributed by atoms with E-state index >= 15 is 0 Å². The topological polar surface area (TPSA) is 234 Å². The van der Waals surface area contributed by atoms with Crippen molar-refractivity contribution >= 4 is 25.8 Å². The van der Waals surface area contributed by atoms with Gasteiger partial charge >= 0.3 is 0 Å². The lowest BCUT2D eigenvalue weighted by molar-refractivity contribution is -0.114. The molecule has 0 aliphatic carbocycles. The average molecular weight is 446 g/mol. The zero-order chi connectivity index (χ0) is 21.7. The van der Waals surface area contributed by atoms with Gasteiger partial charge in [0.05, 0.1) is 11.5 Å². The maximum Gasteiger partial charge on any atom is 0.288 e. The molecule has 9 N–H and O–H groups in total. The van der Waals surface area contributed by atoms with Crippen LogP contribution in [0.3, 0.4) is 0 Å². The Balaban J connectivity index is 3.08. The van der Waals surface area contributed by atoms with Crippen LogP contribution in [0, 0.1) is 0 Å². The first kappa shape index (κ1) is 24.6. The summed E-state index contributed by atoms with van der Waals surface area (Å²) in [5.74, 6) is 0. The summed E-state index contributed by atoms with van der Waals surface area (Å²) >= 11 is 0. The molecule has 13 nitrogen and oxygen atoms in total. The second-order valence-electron chi connectivity index (χ2n) is 5.63. The minimum Gasteiger partial charge on any atom is -0.394 e. The summed E-state index contributed by atoms with van der Waals surface area (Å²) in [4.78, 5) is -0.280. The van der Waals surface area contributed by atoms with E-state index in [1.807, 2.05) is 4.72 Å². The van der Waals surface area contributed by atoms with Crippen molar-refractivity contribution in [2.45, 2.75) is 34.7 Å². The lowest BCUT2D eigenvalue weighted by Gasteiger charge is -2.30. The summed E-state index contributed by atoms with van der Waals surface area (Å²) in [5.41, 5.74) is -0.103. The normalized spacial score (nSPS) is 18.1. The van der Waals surface area contributed by atoms with Crippen LogP contribution in [-0.2, 0) is 20.1 Å². The Morgan fingerprint density at radius 1 is 0.857 bits per heavy atom. The number of benzene rings is 1. The van der Waals surface area contributed by atoms with Gasteiger partial charge in [0.15, 0.2) is 5.37 Å². The van der Waals surface area contributed by atoms with Crippen molar-refractivity contribution in [3.8, 4) is 0 Å². The average Bonchev–Trinajstić information content (AvgIpc) is 2.63. The zero-order valence-electron chi connectivity index (χ0n) is 14.2. The van der Waals surface area contributed by atoms with Crippen LogP contribution in [0.2, 0.25) is 0 Å². The Morgan fingerprint density at radius 3 is 1.82 bits per heavy atom. The van der Waals surface area contributed by atoms with Crippen molar-refractivity contribution in [1.29, 1.82) is 0 Å². The molecule has 0 saturated heterocycles. The van der Waals surface area contributed by atoms with Crippen LogP contribution in [0.4, 0.5) is 5.69 Å². The van der Waals surface area contributed by atoms with Gasteiger partial charge in [0.2, 0.25) is 10.0 Å². The summed E-state index contributed by atoms with van der Waals surface area (Å²) in [6.07, 6.45) is -8.67. The first-order valence-electron chi connectivity index (χ1n) is 7.61. The third kappa shape index (κ3) is 6.31. The highest BCUT2D eigenvalue weighted by molar-refractivity contribution is 7.89. The number of nitrogens with one attached hydrogen (secondary N) is 2. The fourth-order valence-electron chi connectivity index (χ4n) is 2.12. The van der Waals surface area contributed by atoms with E-state index in [1.165, 1.54) is 0 Å². The van der Waals surface area contributed by atoms with Gasteiger partial charge in [0, 0.05) is 5.69 Å². The number of aliphatic hydroxyl groups is 6.